The molecule has 2 aromatic rings. The second-order valence-electron chi connectivity index (χ2n) is 11.3. The smallest absolute Gasteiger partial charge is 0.416 e. The van der Waals surface area contributed by atoms with Gasteiger partial charge in [-0.25, -0.2) is 9.59 Å². The average molecular weight is 620 g/mol. The van der Waals surface area contributed by atoms with Crippen molar-refractivity contribution in [1.82, 2.24) is 24.9 Å². The van der Waals surface area contributed by atoms with Gasteiger partial charge in [-0.1, -0.05) is 0 Å². The van der Waals surface area contributed by atoms with Gasteiger partial charge in [0, 0.05) is 25.7 Å². The number of halogens is 6. The number of hydrogen-bond acceptors (Lipinski definition) is 6. The van der Waals surface area contributed by atoms with Gasteiger partial charge in [0.1, 0.15) is 12.2 Å². The van der Waals surface area contributed by atoms with Crippen molar-refractivity contribution in [1.29, 1.82) is 0 Å². The fourth-order valence-corrected chi connectivity index (χ4v) is 4.73. The molecule has 0 aliphatic carbocycles. The predicted molar refractivity (Wildman–Crippen MR) is 138 cm³/mol. The maximum atomic E-state index is 13.1. The Morgan fingerprint density at radius 2 is 1.49 bits per heavy atom. The zero-order valence-electron chi connectivity index (χ0n) is 23.6. The van der Waals surface area contributed by atoms with Crippen LogP contribution >= 0.6 is 0 Å². The van der Waals surface area contributed by atoms with Crippen LogP contribution in [0.25, 0.3) is 0 Å². The zero-order chi connectivity index (χ0) is 31.7. The number of benzene rings is 1. The minimum atomic E-state index is -5.02. The Morgan fingerprint density at radius 3 is 2.05 bits per heavy atom. The van der Waals surface area contributed by atoms with Crippen molar-refractivity contribution >= 4 is 18.1 Å². The SMILES string of the molecule is CC(C)(C)OC(=O)NC1CCN(C(=O)c2cc3n(n2)CCN(C(=O)OCc2cc(C(F)(F)F)cc(C(F)(F)F)c2)C3)CC1. The molecule has 2 aliphatic rings. The molecule has 1 N–H and O–H groups in total. The molecule has 10 nitrogen and oxygen atoms in total. The number of piperidine rings is 1. The lowest BCUT2D eigenvalue weighted by Gasteiger charge is -2.32. The molecular formula is C27H31F6N5O5. The van der Waals surface area contributed by atoms with E-state index < -0.39 is 53.4 Å². The Balaban J connectivity index is 1.32. The van der Waals surface area contributed by atoms with Crippen LogP contribution in [0.4, 0.5) is 35.9 Å². The van der Waals surface area contributed by atoms with E-state index in [0.717, 1.165) is 0 Å². The lowest BCUT2D eigenvalue weighted by atomic mass is 10.0. The Kier molecular flexibility index (Phi) is 8.88. The minimum Gasteiger partial charge on any atom is -0.445 e. The molecule has 2 aliphatic heterocycles. The maximum absolute atomic E-state index is 13.1. The Bertz CT molecular complexity index is 1330. The van der Waals surface area contributed by atoms with Crippen molar-refractivity contribution in [3.8, 4) is 0 Å². The maximum Gasteiger partial charge on any atom is 0.416 e. The fraction of sp³-hybridized carbons (Fsp3) is 0.556. The summed E-state index contributed by atoms with van der Waals surface area (Å²) in [4.78, 5) is 40.6. The summed E-state index contributed by atoms with van der Waals surface area (Å²) in [5.41, 5.74) is -3.43. The van der Waals surface area contributed by atoms with Gasteiger partial charge < -0.3 is 24.6 Å². The van der Waals surface area contributed by atoms with Crippen LogP contribution in [0.1, 0.15) is 66.5 Å². The molecule has 0 unspecified atom stereocenters. The highest BCUT2D eigenvalue weighted by atomic mass is 19.4. The van der Waals surface area contributed by atoms with Crippen LogP contribution in [0.3, 0.4) is 0 Å². The van der Waals surface area contributed by atoms with Crippen LogP contribution in [0.15, 0.2) is 24.3 Å². The summed E-state index contributed by atoms with van der Waals surface area (Å²) in [6, 6.07) is 2.38. The first-order valence-electron chi connectivity index (χ1n) is 13.4. The van der Waals surface area contributed by atoms with Crippen molar-refractivity contribution in [2.45, 2.75) is 77.3 Å². The molecule has 1 aromatic heterocycles. The number of hydrogen-bond donors (Lipinski definition) is 1. The summed E-state index contributed by atoms with van der Waals surface area (Å²) in [6.45, 7) is 5.50. The molecule has 0 bridgehead atoms. The first-order valence-corrected chi connectivity index (χ1v) is 13.4. The van der Waals surface area contributed by atoms with Crippen LogP contribution in [0.2, 0.25) is 0 Å². The highest BCUT2D eigenvalue weighted by Crippen LogP contribution is 2.36. The molecule has 1 saturated heterocycles. The summed E-state index contributed by atoms with van der Waals surface area (Å²) in [5, 5.41) is 7.13. The minimum absolute atomic E-state index is 0.000822. The topological polar surface area (TPSA) is 106 Å². The molecule has 3 amide bonds. The van der Waals surface area contributed by atoms with Crippen molar-refractivity contribution in [2.24, 2.45) is 0 Å². The number of aromatic nitrogens is 2. The van der Waals surface area contributed by atoms with Crippen molar-refractivity contribution in [2.75, 3.05) is 19.6 Å². The molecule has 0 atom stereocenters. The van der Waals surface area contributed by atoms with E-state index in [1.54, 1.807) is 30.4 Å². The first-order chi connectivity index (χ1) is 19.9. The molecule has 16 heteroatoms. The monoisotopic (exact) mass is 619 g/mol. The fourth-order valence-electron chi connectivity index (χ4n) is 4.73. The van der Waals surface area contributed by atoms with E-state index in [0.29, 0.717) is 43.8 Å². The van der Waals surface area contributed by atoms with Gasteiger partial charge in [0.05, 0.1) is 29.9 Å². The van der Waals surface area contributed by atoms with E-state index in [-0.39, 0.29) is 43.3 Å². The normalized spacial score (nSPS) is 16.5. The van der Waals surface area contributed by atoms with E-state index in [1.165, 1.54) is 11.0 Å². The number of ether oxygens (including phenoxy) is 2. The number of carbonyl (C=O) groups is 3. The summed E-state index contributed by atoms with van der Waals surface area (Å²) >= 11 is 0. The lowest BCUT2D eigenvalue weighted by Crippen LogP contribution is -2.47. The van der Waals surface area contributed by atoms with Crippen LogP contribution in [0, 0.1) is 0 Å². The summed E-state index contributed by atoms with van der Waals surface area (Å²) < 4.78 is 90.6. The van der Waals surface area contributed by atoms with E-state index >= 15 is 0 Å². The molecule has 1 aromatic carbocycles. The highest BCUT2D eigenvalue weighted by molar-refractivity contribution is 5.92. The van der Waals surface area contributed by atoms with Gasteiger partial charge in [0.2, 0.25) is 0 Å². The number of likely N-dealkylation sites (tertiary alicyclic amines) is 1. The number of nitrogens with zero attached hydrogens (tertiary/aromatic N) is 4. The van der Waals surface area contributed by atoms with Crippen molar-refractivity contribution in [3.63, 3.8) is 0 Å². The first kappa shape index (κ1) is 31.9. The van der Waals surface area contributed by atoms with E-state index in [9.17, 15) is 40.7 Å². The molecule has 236 valence electrons. The number of amides is 3. The number of fused-ring (bicyclic) bond motifs is 1. The Labute approximate surface area is 242 Å². The number of alkyl carbamates (subject to hydrolysis) is 1. The quantitative estimate of drug-likeness (QED) is 0.472. The largest absolute Gasteiger partial charge is 0.445 e. The molecule has 4 rings (SSSR count). The third-order valence-corrected chi connectivity index (χ3v) is 6.79. The third-order valence-electron chi connectivity index (χ3n) is 6.79. The second kappa shape index (κ2) is 12.0. The molecule has 0 spiro atoms. The van der Waals surface area contributed by atoms with Gasteiger partial charge in [-0.05, 0) is 63.4 Å². The number of rotatable bonds is 4. The third kappa shape index (κ3) is 8.32. The molecule has 43 heavy (non-hydrogen) atoms. The summed E-state index contributed by atoms with van der Waals surface area (Å²) in [6.07, 6.45) is -10.5. The highest BCUT2D eigenvalue weighted by Gasteiger charge is 2.37. The standard InChI is InChI=1S/C27H31F6N5O5/c1-25(2,3)43-23(40)34-19-4-6-36(7-5-19)22(39)21-13-20-14-37(8-9-38(20)35-21)24(41)42-15-16-10-17(26(28,29)30)12-18(11-16)27(31,32)33/h10-13,19H,4-9,14-15H2,1-3H3,(H,34,40). The zero-order valence-corrected chi connectivity index (χ0v) is 23.6. The van der Waals surface area contributed by atoms with Gasteiger partial charge >= 0.3 is 24.5 Å². The van der Waals surface area contributed by atoms with Gasteiger partial charge in [0.25, 0.3) is 5.91 Å². The van der Waals surface area contributed by atoms with Crippen molar-refractivity contribution < 1.29 is 50.2 Å². The summed E-state index contributed by atoms with van der Waals surface area (Å²) in [7, 11) is 0. The van der Waals surface area contributed by atoms with Gasteiger partial charge in [-0.2, -0.15) is 31.4 Å². The van der Waals surface area contributed by atoms with E-state index in [1.807, 2.05) is 0 Å². The molecular weight excluding hydrogens is 588 g/mol. The predicted octanol–water partition coefficient (Wildman–Crippen LogP) is 5.20. The Morgan fingerprint density at radius 1 is 0.884 bits per heavy atom. The van der Waals surface area contributed by atoms with Crippen LogP contribution in [0.5, 0.6) is 0 Å². The number of nitrogens with one attached hydrogen (secondary N) is 1. The van der Waals surface area contributed by atoms with Gasteiger partial charge in [-0.3, -0.25) is 9.48 Å². The number of carbonyl (C=O) groups excluding carboxylic acids is 3. The molecule has 3 heterocycles. The molecule has 1 fully saturated rings. The average Bonchev–Trinajstić information content (AvgIpc) is 3.33. The second-order valence-corrected chi connectivity index (χ2v) is 11.3. The van der Waals surface area contributed by atoms with E-state index in [4.69, 9.17) is 9.47 Å². The van der Waals surface area contributed by atoms with Gasteiger partial charge in [0.15, 0.2) is 5.69 Å². The van der Waals surface area contributed by atoms with Crippen molar-refractivity contribution in [3.05, 3.63) is 52.3 Å². The Hall–Kier alpha value is -3.98. The van der Waals surface area contributed by atoms with Crippen LogP contribution in [-0.2, 0) is 41.5 Å². The lowest BCUT2D eigenvalue weighted by molar-refractivity contribution is -0.143. The number of alkyl halides is 6. The van der Waals surface area contributed by atoms with E-state index in [2.05, 4.69) is 10.4 Å². The molecule has 0 radical (unpaired) electrons. The van der Waals surface area contributed by atoms with Crippen LogP contribution < -0.4 is 5.32 Å². The van der Waals surface area contributed by atoms with Gasteiger partial charge in [-0.15, -0.1) is 0 Å². The van der Waals surface area contributed by atoms with Crippen LogP contribution in [-0.4, -0.2) is 69.0 Å². The molecule has 0 saturated carbocycles. The summed E-state index contributed by atoms with van der Waals surface area (Å²) in [5.74, 6) is -0.322.